The van der Waals surface area contributed by atoms with E-state index in [-0.39, 0.29) is 23.9 Å². The Kier molecular flexibility index (Phi) is 7.65. The van der Waals surface area contributed by atoms with Crippen LogP contribution in [0.3, 0.4) is 0 Å². The maximum Gasteiger partial charge on any atom is 0.220 e. The number of anilines is 1. The molecule has 140 valence electrons. The molecule has 2 unspecified atom stereocenters. The monoisotopic (exact) mass is 352 g/mol. The molecule has 1 aliphatic heterocycles. The number of ether oxygens (including phenoxy) is 2. The minimum Gasteiger partial charge on any atom is -0.382 e. The Labute approximate surface area is 149 Å². The highest BCUT2D eigenvalue weighted by atomic mass is 19.1. The van der Waals surface area contributed by atoms with Gasteiger partial charge in [0.15, 0.2) is 0 Å². The van der Waals surface area contributed by atoms with Crippen molar-refractivity contribution in [3.8, 4) is 0 Å². The van der Waals surface area contributed by atoms with E-state index in [0.29, 0.717) is 51.4 Å². The van der Waals surface area contributed by atoms with Crippen molar-refractivity contribution in [2.24, 2.45) is 0 Å². The molecule has 0 radical (unpaired) electrons. The van der Waals surface area contributed by atoms with Gasteiger partial charge in [0.1, 0.15) is 5.82 Å². The Morgan fingerprint density at radius 3 is 2.72 bits per heavy atom. The van der Waals surface area contributed by atoms with Crippen LogP contribution in [0.4, 0.5) is 10.1 Å². The zero-order valence-electron chi connectivity index (χ0n) is 15.4. The molecule has 1 aromatic rings. The van der Waals surface area contributed by atoms with Crippen molar-refractivity contribution >= 4 is 11.6 Å². The summed E-state index contributed by atoms with van der Waals surface area (Å²) in [6.07, 6.45) is 1.28. The smallest absolute Gasteiger partial charge is 0.220 e. The van der Waals surface area contributed by atoms with Gasteiger partial charge in [0.05, 0.1) is 17.9 Å². The third-order valence-corrected chi connectivity index (χ3v) is 4.16. The van der Waals surface area contributed by atoms with Gasteiger partial charge in [0, 0.05) is 39.3 Å². The maximum atomic E-state index is 14.5. The van der Waals surface area contributed by atoms with Gasteiger partial charge in [0.2, 0.25) is 5.91 Å². The molecule has 0 saturated carbocycles. The van der Waals surface area contributed by atoms with Crippen LogP contribution in [-0.2, 0) is 20.8 Å². The number of morpholine rings is 1. The van der Waals surface area contributed by atoms with Crippen molar-refractivity contribution in [2.45, 2.75) is 52.4 Å². The molecule has 1 saturated heterocycles. The fourth-order valence-corrected chi connectivity index (χ4v) is 3.06. The van der Waals surface area contributed by atoms with Crippen molar-refractivity contribution < 1.29 is 18.7 Å². The second-order valence-corrected chi connectivity index (χ2v) is 6.53. The lowest BCUT2D eigenvalue weighted by Crippen LogP contribution is -2.45. The molecule has 0 bridgehead atoms. The van der Waals surface area contributed by atoms with Crippen LogP contribution in [0.1, 0.15) is 39.2 Å². The molecule has 1 amide bonds. The van der Waals surface area contributed by atoms with Gasteiger partial charge >= 0.3 is 0 Å². The highest BCUT2D eigenvalue weighted by molar-refractivity contribution is 5.75. The van der Waals surface area contributed by atoms with Gasteiger partial charge < -0.3 is 19.7 Å². The van der Waals surface area contributed by atoms with E-state index in [0.717, 1.165) is 5.56 Å². The van der Waals surface area contributed by atoms with Gasteiger partial charge in [-0.25, -0.2) is 4.39 Å². The van der Waals surface area contributed by atoms with Gasteiger partial charge in [-0.15, -0.1) is 0 Å². The minimum absolute atomic E-state index is 0.0417. The van der Waals surface area contributed by atoms with E-state index in [2.05, 4.69) is 5.32 Å². The van der Waals surface area contributed by atoms with E-state index in [4.69, 9.17) is 9.47 Å². The highest BCUT2D eigenvalue weighted by Gasteiger charge is 2.24. The molecule has 1 aromatic carbocycles. The average Bonchev–Trinajstić information content (AvgIpc) is 2.56. The second-order valence-electron chi connectivity index (χ2n) is 6.53. The lowest BCUT2D eigenvalue weighted by molar-refractivity contribution is -0.121. The van der Waals surface area contributed by atoms with Gasteiger partial charge in [0.25, 0.3) is 0 Å². The summed E-state index contributed by atoms with van der Waals surface area (Å²) in [6.45, 7) is 8.86. The van der Waals surface area contributed by atoms with Crippen molar-refractivity contribution in [1.29, 1.82) is 0 Å². The maximum absolute atomic E-state index is 14.5. The Hall–Kier alpha value is -1.66. The van der Waals surface area contributed by atoms with Gasteiger partial charge in [-0.3, -0.25) is 4.79 Å². The highest BCUT2D eigenvalue weighted by Crippen LogP contribution is 2.24. The topological polar surface area (TPSA) is 50.8 Å². The molecule has 1 heterocycles. The minimum atomic E-state index is -0.260. The van der Waals surface area contributed by atoms with E-state index < -0.39 is 0 Å². The third kappa shape index (κ3) is 6.29. The third-order valence-electron chi connectivity index (χ3n) is 4.16. The summed E-state index contributed by atoms with van der Waals surface area (Å²) in [5.74, 6) is -0.301. The number of halogens is 1. The molecule has 2 atom stereocenters. The number of nitrogens with one attached hydrogen (secondary N) is 1. The summed E-state index contributed by atoms with van der Waals surface area (Å²) in [7, 11) is 0. The molecule has 0 aliphatic carbocycles. The number of rotatable bonds is 8. The van der Waals surface area contributed by atoms with Crippen LogP contribution in [0.15, 0.2) is 18.2 Å². The second kappa shape index (κ2) is 9.73. The zero-order chi connectivity index (χ0) is 18.2. The number of benzene rings is 1. The molecule has 2 rings (SSSR count). The number of hydrogen-bond donors (Lipinski definition) is 1. The summed E-state index contributed by atoms with van der Waals surface area (Å²) in [4.78, 5) is 13.8. The number of carbonyl (C=O) groups is 1. The number of carbonyl (C=O) groups excluding carboxylic acids is 1. The van der Waals surface area contributed by atoms with Gasteiger partial charge in [-0.1, -0.05) is 6.07 Å². The normalized spacial score (nSPS) is 20.6. The molecular formula is C19H29FN2O3. The lowest BCUT2D eigenvalue weighted by atomic mass is 10.1. The van der Waals surface area contributed by atoms with Gasteiger partial charge in [-0.05, 0) is 44.9 Å². The average molecular weight is 352 g/mol. The molecule has 0 spiro atoms. The summed E-state index contributed by atoms with van der Waals surface area (Å²) >= 11 is 0. The van der Waals surface area contributed by atoms with E-state index in [1.165, 1.54) is 6.07 Å². The molecular weight excluding hydrogens is 323 g/mol. The zero-order valence-corrected chi connectivity index (χ0v) is 15.4. The Morgan fingerprint density at radius 2 is 2.08 bits per heavy atom. The molecule has 25 heavy (non-hydrogen) atoms. The lowest BCUT2D eigenvalue weighted by Gasteiger charge is -2.37. The van der Waals surface area contributed by atoms with Crippen LogP contribution in [-0.4, -0.2) is 44.4 Å². The SMILES string of the molecule is CCOCCCC(=O)NCc1ccc(N2CC(C)OC(C)C2)c(F)c1. The van der Waals surface area contributed by atoms with Crippen molar-refractivity contribution in [3.63, 3.8) is 0 Å². The molecule has 6 heteroatoms. The number of amides is 1. The van der Waals surface area contributed by atoms with Gasteiger partial charge in [-0.2, -0.15) is 0 Å². The van der Waals surface area contributed by atoms with Crippen LogP contribution in [0.25, 0.3) is 0 Å². The van der Waals surface area contributed by atoms with E-state index in [1.807, 2.05) is 31.7 Å². The first-order chi connectivity index (χ1) is 12.0. The Balaban J connectivity index is 1.85. The van der Waals surface area contributed by atoms with Crippen LogP contribution < -0.4 is 10.2 Å². The molecule has 5 nitrogen and oxygen atoms in total. The van der Waals surface area contributed by atoms with E-state index >= 15 is 0 Å². The van der Waals surface area contributed by atoms with Crippen molar-refractivity contribution in [2.75, 3.05) is 31.2 Å². The first-order valence-electron chi connectivity index (χ1n) is 9.02. The first kappa shape index (κ1) is 19.7. The number of nitrogens with zero attached hydrogens (tertiary/aromatic N) is 1. The molecule has 1 fully saturated rings. The summed E-state index contributed by atoms with van der Waals surface area (Å²) in [6, 6.07) is 5.15. The number of hydrogen-bond acceptors (Lipinski definition) is 4. The predicted molar refractivity (Wildman–Crippen MR) is 96.2 cm³/mol. The predicted octanol–water partition coefficient (Wildman–Crippen LogP) is 2.87. The Bertz CT molecular complexity index is 558. The van der Waals surface area contributed by atoms with Crippen LogP contribution >= 0.6 is 0 Å². The first-order valence-corrected chi connectivity index (χ1v) is 9.02. The largest absolute Gasteiger partial charge is 0.382 e. The quantitative estimate of drug-likeness (QED) is 0.731. The van der Waals surface area contributed by atoms with Crippen LogP contribution in [0, 0.1) is 5.82 Å². The van der Waals surface area contributed by atoms with E-state index in [9.17, 15) is 9.18 Å². The molecule has 1 aliphatic rings. The molecule has 0 aromatic heterocycles. The van der Waals surface area contributed by atoms with Crippen molar-refractivity contribution in [3.05, 3.63) is 29.6 Å². The van der Waals surface area contributed by atoms with Crippen LogP contribution in [0.5, 0.6) is 0 Å². The van der Waals surface area contributed by atoms with E-state index in [1.54, 1.807) is 6.07 Å². The summed E-state index contributed by atoms with van der Waals surface area (Å²) in [5.41, 5.74) is 1.35. The summed E-state index contributed by atoms with van der Waals surface area (Å²) < 4.78 is 25.4. The Morgan fingerprint density at radius 1 is 1.36 bits per heavy atom. The van der Waals surface area contributed by atoms with Crippen molar-refractivity contribution in [1.82, 2.24) is 5.32 Å². The van der Waals surface area contributed by atoms with Crippen LogP contribution in [0.2, 0.25) is 0 Å². The fourth-order valence-electron chi connectivity index (χ4n) is 3.06. The molecule has 1 N–H and O–H groups in total. The summed E-state index contributed by atoms with van der Waals surface area (Å²) in [5, 5.41) is 2.82. The fraction of sp³-hybridized carbons (Fsp3) is 0.632. The standard InChI is InChI=1S/C19H29FN2O3/c1-4-24-9-5-6-19(23)21-11-16-7-8-18(17(20)10-16)22-12-14(2)25-15(3)13-22/h7-8,10,14-15H,4-6,9,11-13H2,1-3H3,(H,21,23).